The van der Waals surface area contributed by atoms with E-state index in [1.807, 2.05) is 39.0 Å². The van der Waals surface area contributed by atoms with Crippen LogP contribution >= 0.6 is 23.4 Å². The van der Waals surface area contributed by atoms with Crippen molar-refractivity contribution in [3.05, 3.63) is 52.5 Å². The average Bonchev–Trinajstić information content (AvgIpc) is 2.67. The highest BCUT2D eigenvalue weighted by Gasteiger charge is 2.35. The summed E-state index contributed by atoms with van der Waals surface area (Å²) in [6, 6.07) is 12.1. The zero-order chi connectivity index (χ0) is 22.1. The Morgan fingerprint density at radius 2 is 1.90 bits per heavy atom. The summed E-state index contributed by atoms with van der Waals surface area (Å²) in [4.78, 5) is 15.4. The lowest BCUT2D eigenvalue weighted by atomic mass is 10.2. The molecule has 3 rings (SSSR count). The Morgan fingerprint density at radius 3 is 2.50 bits per heavy atom. The maximum atomic E-state index is 13.4. The van der Waals surface area contributed by atoms with Gasteiger partial charge >= 0.3 is 0 Å². The van der Waals surface area contributed by atoms with Gasteiger partial charge in [-0.2, -0.15) is 9.57 Å². The molecule has 1 amide bonds. The van der Waals surface area contributed by atoms with Crippen LogP contribution in [-0.4, -0.2) is 49.2 Å². The highest BCUT2D eigenvalue weighted by Crippen LogP contribution is 2.36. The third kappa shape index (κ3) is 4.81. The second kappa shape index (κ2) is 8.98. The van der Waals surface area contributed by atoms with E-state index in [1.165, 1.54) is 22.1 Å². The second-order valence-electron chi connectivity index (χ2n) is 7.36. The summed E-state index contributed by atoms with van der Waals surface area (Å²) in [7, 11) is -3.97. The molecule has 1 aliphatic heterocycles. The molecule has 1 heterocycles. The Kier molecular flexibility index (Phi) is 6.78. The number of benzene rings is 2. The maximum absolute atomic E-state index is 13.4. The molecule has 2 aromatic rings. The van der Waals surface area contributed by atoms with E-state index in [0.29, 0.717) is 16.5 Å². The normalized spacial score (nSPS) is 15.5. The zero-order valence-electron chi connectivity index (χ0n) is 16.9. The molecule has 0 N–H and O–H groups in total. The molecular formula is C21H22ClN3O3S2. The summed E-state index contributed by atoms with van der Waals surface area (Å²) in [6.45, 7) is 6.05. The summed E-state index contributed by atoms with van der Waals surface area (Å²) >= 11 is 7.41. The lowest BCUT2D eigenvalue weighted by Crippen LogP contribution is -2.54. The van der Waals surface area contributed by atoms with Crippen molar-refractivity contribution >= 4 is 39.3 Å². The zero-order valence-corrected chi connectivity index (χ0v) is 19.3. The van der Waals surface area contributed by atoms with Gasteiger partial charge in [-0.25, -0.2) is 8.42 Å². The number of sulfonamides is 1. The molecule has 0 aliphatic carbocycles. The number of piperazine rings is 1. The van der Waals surface area contributed by atoms with Crippen LogP contribution in [0.25, 0.3) is 0 Å². The molecule has 6 nitrogen and oxygen atoms in total. The Labute approximate surface area is 186 Å². The van der Waals surface area contributed by atoms with Crippen LogP contribution in [0.3, 0.4) is 0 Å². The maximum Gasteiger partial charge on any atom is 0.244 e. The van der Waals surface area contributed by atoms with Crippen molar-refractivity contribution in [3.8, 4) is 6.07 Å². The summed E-state index contributed by atoms with van der Waals surface area (Å²) in [5.74, 6) is -0.226. The van der Waals surface area contributed by atoms with Crippen LogP contribution in [0.5, 0.6) is 0 Å². The number of carbonyl (C=O) groups excluding carboxylic acids is 1. The van der Waals surface area contributed by atoms with E-state index in [-0.39, 0.29) is 35.5 Å². The molecule has 9 heteroatoms. The quantitative estimate of drug-likeness (QED) is 0.671. The van der Waals surface area contributed by atoms with Gasteiger partial charge in [0.05, 0.1) is 23.1 Å². The van der Waals surface area contributed by atoms with E-state index >= 15 is 0 Å². The van der Waals surface area contributed by atoms with Gasteiger partial charge in [-0.15, -0.1) is 0 Å². The second-order valence-corrected chi connectivity index (χ2v) is 10.8. The van der Waals surface area contributed by atoms with Crippen LogP contribution in [0.2, 0.25) is 5.02 Å². The summed E-state index contributed by atoms with van der Waals surface area (Å²) in [5, 5.41) is 9.85. The number of rotatable bonds is 5. The monoisotopic (exact) mass is 463 g/mol. The fraction of sp³-hybridized carbons (Fsp3) is 0.333. The van der Waals surface area contributed by atoms with E-state index in [9.17, 15) is 18.5 Å². The minimum atomic E-state index is -3.97. The Morgan fingerprint density at radius 1 is 1.17 bits per heavy atom. The van der Waals surface area contributed by atoms with Gasteiger partial charge in [0, 0.05) is 33.9 Å². The van der Waals surface area contributed by atoms with Gasteiger partial charge in [-0.3, -0.25) is 4.79 Å². The predicted molar refractivity (Wildman–Crippen MR) is 117 cm³/mol. The van der Waals surface area contributed by atoms with Crippen LogP contribution < -0.4 is 0 Å². The van der Waals surface area contributed by atoms with Crippen molar-refractivity contribution in [2.45, 2.75) is 41.5 Å². The van der Waals surface area contributed by atoms with E-state index in [4.69, 9.17) is 11.6 Å². The van der Waals surface area contributed by atoms with Crippen LogP contribution in [0, 0.1) is 18.3 Å². The molecule has 1 fully saturated rings. The Bertz CT molecular complexity index is 1110. The van der Waals surface area contributed by atoms with Gasteiger partial charge in [-0.05, 0) is 62.7 Å². The minimum Gasteiger partial charge on any atom is -0.338 e. The highest BCUT2D eigenvalue weighted by atomic mass is 35.5. The number of hydrogen-bond acceptors (Lipinski definition) is 5. The van der Waals surface area contributed by atoms with Gasteiger partial charge < -0.3 is 4.90 Å². The van der Waals surface area contributed by atoms with Gasteiger partial charge in [-0.1, -0.05) is 23.4 Å². The number of amides is 1. The molecular weight excluding hydrogens is 442 g/mol. The number of nitriles is 1. The number of aryl methyl sites for hydroxylation is 1. The SMILES string of the molecule is Cc1cc(Cl)cc(Sc2ccc(C#N)cc2S(=O)(=O)N2CCN(C(C)C)C(=O)C2)c1. The number of halogens is 1. The highest BCUT2D eigenvalue weighted by molar-refractivity contribution is 8.00. The topological polar surface area (TPSA) is 81.5 Å². The van der Waals surface area contributed by atoms with Gasteiger partial charge in [0.15, 0.2) is 0 Å². The number of carbonyl (C=O) groups is 1. The van der Waals surface area contributed by atoms with Gasteiger partial charge in [0.2, 0.25) is 15.9 Å². The molecule has 158 valence electrons. The molecule has 0 unspecified atom stereocenters. The van der Waals surface area contributed by atoms with Crippen molar-refractivity contribution in [2.75, 3.05) is 19.6 Å². The van der Waals surface area contributed by atoms with E-state index < -0.39 is 10.0 Å². The van der Waals surface area contributed by atoms with E-state index in [0.717, 1.165) is 10.5 Å². The fourth-order valence-corrected chi connectivity index (χ4v) is 6.56. The molecule has 0 spiro atoms. The Hall–Kier alpha value is -2.05. The smallest absolute Gasteiger partial charge is 0.244 e. The van der Waals surface area contributed by atoms with Crippen molar-refractivity contribution in [1.82, 2.24) is 9.21 Å². The Balaban J connectivity index is 1.99. The summed E-state index contributed by atoms with van der Waals surface area (Å²) < 4.78 is 28.0. The van der Waals surface area contributed by atoms with Crippen LogP contribution in [-0.2, 0) is 14.8 Å². The lowest BCUT2D eigenvalue weighted by molar-refractivity contribution is -0.135. The van der Waals surface area contributed by atoms with Crippen molar-refractivity contribution < 1.29 is 13.2 Å². The molecule has 1 aliphatic rings. The third-order valence-electron chi connectivity index (χ3n) is 4.78. The molecule has 1 saturated heterocycles. The van der Waals surface area contributed by atoms with Crippen molar-refractivity contribution in [2.24, 2.45) is 0 Å². The van der Waals surface area contributed by atoms with Crippen LogP contribution in [0.4, 0.5) is 0 Å². The number of nitrogens with zero attached hydrogens (tertiary/aromatic N) is 3. The van der Waals surface area contributed by atoms with E-state index in [2.05, 4.69) is 0 Å². The third-order valence-corrected chi connectivity index (χ3v) is 8.06. The van der Waals surface area contributed by atoms with Crippen LogP contribution in [0.1, 0.15) is 25.0 Å². The molecule has 0 aromatic heterocycles. The first kappa shape index (κ1) is 22.6. The van der Waals surface area contributed by atoms with Crippen molar-refractivity contribution in [3.63, 3.8) is 0 Å². The minimum absolute atomic E-state index is 0.0152. The average molecular weight is 464 g/mol. The molecule has 30 heavy (non-hydrogen) atoms. The lowest BCUT2D eigenvalue weighted by Gasteiger charge is -2.36. The first-order valence-electron chi connectivity index (χ1n) is 9.40. The molecule has 0 saturated carbocycles. The van der Waals surface area contributed by atoms with Gasteiger partial charge in [0.25, 0.3) is 0 Å². The molecule has 0 atom stereocenters. The first-order chi connectivity index (χ1) is 14.1. The van der Waals surface area contributed by atoms with E-state index in [1.54, 1.807) is 23.1 Å². The summed E-state index contributed by atoms with van der Waals surface area (Å²) in [6.07, 6.45) is 0. The first-order valence-corrected chi connectivity index (χ1v) is 12.0. The van der Waals surface area contributed by atoms with Crippen molar-refractivity contribution in [1.29, 1.82) is 5.26 Å². The molecule has 0 radical (unpaired) electrons. The number of hydrogen-bond donors (Lipinski definition) is 0. The van der Waals surface area contributed by atoms with Crippen LogP contribution in [0.15, 0.2) is 51.1 Å². The standard InChI is InChI=1S/C21H22ClN3O3S2/c1-14(2)25-7-6-24(13-21(25)26)30(27,28)20-10-16(12-23)4-5-19(20)29-18-9-15(3)8-17(22)11-18/h4-5,8-11,14H,6-7,13H2,1-3H3. The molecule has 2 aromatic carbocycles. The summed E-state index contributed by atoms with van der Waals surface area (Å²) in [5.41, 5.74) is 1.20. The molecule has 0 bridgehead atoms. The van der Waals surface area contributed by atoms with Gasteiger partial charge in [0.1, 0.15) is 0 Å². The fourth-order valence-electron chi connectivity index (χ4n) is 3.31. The predicted octanol–water partition coefficient (Wildman–Crippen LogP) is 3.91. The largest absolute Gasteiger partial charge is 0.338 e.